The highest BCUT2D eigenvalue weighted by molar-refractivity contribution is 7.89. The summed E-state index contributed by atoms with van der Waals surface area (Å²) in [5, 5.41) is 0. The van der Waals surface area contributed by atoms with Gasteiger partial charge in [-0.05, 0) is 49.6 Å². The van der Waals surface area contributed by atoms with Gasteiger partial charge < -0.3 is 0 Å². The third-order valence-corrected chi connectivity index (χ3v) is 4.06. The molecule has 0 heterocycles. The van der Waals surface area contributed by atoms with E-state index in [1.54, 1.807) is 0 Å². The number of alkyl halides is 3. The topological polar surface area (TPSA) is 37.4 Å². The molecular weight excluding hydrogens is 286 g/mol. The van der Waals surface area contributed by atoms with Gasteiger partial charge in [-0.1, -0.05) is 0 Å². The molecule has 19 heavy (non-hydrogen) atoms. The lowest BCUT2D eigenvalue weighted by molar-refractivity contribution is -0.137. The minimum Gasteiger partial charge on any atom is -0.205 e. The van der Waals surface area contributed by atoms with Crippen molar-refractivity contribution < 1.29 is 26.1 Å². The molecule has 8 heteroatoms. The number of hydrogen-bond acceptors (Lipinski definition) is 2. The number of halogens is 4. The number of rotatable bonds is 2. The van der Waals surface area contributed by atoms with Crippen molar-refractivity contribution in [1.29, 1.82) is 0 Å². The highest BCUT2D eigenvalue weighted by atomic mass is 32.2. The summed E-state index contributed by atoms with van der Waals surface area (Å²) in [6.07, 6.45) is -4.57. The number of sulfonamides is 1. The van der Waals surface area contributed by atoms with Gasteiger partial charge in [0.1, 0.15) is 0 Å². The van der Waals surface area contributed by atoms with Crippen molar-refractivity contribution in [2.75, 3.05) is 0 Å². The standard InChI is InChI=1S/C11H13F4NO2S/c1-10(2,3)16(15)19(17,18)9-6-4-8(5-7-9)11(12,13)14/h4-7H,1-3H3. The Morgan fingerprint density at radius 1 is 1.00 bits per heavy atom. The molecule has 1 aromatic rings. The normalized spacial score (nSPS) is 13.9. The Labute approximate surface area is 108 Å². The predicted octanol–water partition coefficient (Wildman–Crippen LogP) is 3.38. The zero-order valence-electron chi connectivity index (χ0n) is 10.5. The zero-order chi connectivity index (χ0) is 15.1. The maximum atomic E-state index is 13.7. The van der Waals surface area contributed by atoms with Crippen molar-refractivity contribution >= 4 is 10.0 Å². The molecule has 0 N–H and O–H groups in total. The van der Waals surface area contributed by atoms with Gasteiger partial charge in [0.25, 0.3) is 10.0 Å². The van der Waals surface area contributed by atoms with Crippen LogP contribution in [0.5, 0.6) is 0 Å². The average molecular weight is 299 g/mol. The van der Waals surface area contributed by atoms with Crippen molar-refractivity contribution in [2.45, 2.75) is 37.4 Å². The number of nitrogens with zero attached hydrogens (tertiary/aromatic N) is 1. The quantitative estimate of drug-likeness (QED) is 0.620. The van der Waals surface area contributed by atoms with Crippen LogP contribution in [0.1, 0.15) is 26.3 Å². The van der Waals surface area contributed by atoms with Gasteiger partial charge in [-0.25, -0.2) is 8.42 Å². The molecule has 0 atom stereocenters. The van der Waals surface area contributed by atoms with Crippen LogP contribution in [0.3, 0.4) is 0 Å². The molecule has 0 aliphatic heterocycles. The largest absolute Gasteiger partial charge is 0.416 e. The van der Waals surface area contributed by atoms with E-state index in [0.717, 1.165) is 12.1 Å². The summed E-state index contributed by atoms with van der Waals surface area (Å²) >= 11 is 0. The van der Waals surface area contributed by atoms with Crippen LogP contribution >= 0.6 is 0 Å². The van der Waals surface area contributed by atoms with Crippen LogP contribution in [0, 0.1) is 0 Å². The van der Waals surface area contributed by atoms with E-state index in [4.69, 9.17) is 0 Å². The predicted molar refractivity (Wildman–Crippen MR) is 61.3 cm³/mol. The van der Waals surface area contributed by atoms with Crippen LogP contribution in [-0.2, 0) is 16.2 Å². The molecule has 0 saturated heterocycles. The molecule has 0 aliphatic carbocycles. The molecule has 0 bridgehead atoms. The van der Waals surface area contributed by atoms with Crippen molar-refractivity contribution in [3.05, 3.63) is 29.8 Å². The van der Waals surface area contributed by atoms with Crippen LogP contribution < -0.4 is 0 Å². The lowest BCUT2D eigenvalue weighted by Crippen LogP contribution is -2.39. The van der Waals surface area contributed by atoms with Crippen LogP contribution in [0.4, 0.5) is 17.7 Å². The van der Waals surface area contributed by atoms with Crippen molar-refractivity contribution in [2.24, 2.45) is 0 Å². The molecule has 0 fully saturated rings. The zero-order valence-corrected chi connectivity index (χ0v) is 11.3. The molecule has 0 unspecified atom stereocenters. The van der Waals surface area contributed by atoms with E-state index in [2.05, 4.69) is 0 Å². The van der Waals surface area contributed by atoms with E-state index in [-0.39, 0.29) is 4.53 Å². The summed E-state index contributed by atoms with van der Waals surface area (Å²) in [6.45, 7) is 3.98. The maximum Gasteiger partial charge on any atom is 0.416 e. The van der Waals surface area contributed by atoms with Gasteiger partial charge in [-0.3, -0.25) is 0 Å². The Morgan fingerprint density at radius 3 is 1.74 bits per heavy atom. The third kappa shape index (κ3) is 3.44. The molecule has 0 radical (unpaired) electrons. The Morgan fingerprint density at radius 2 is 1.42 bits per heavy atom. The fourth-order valence-corrected chi connectivity index (χ4v) is 2.66. The smallest absolute Gasteiger partial charge is 0.205 e. The van der Waals surface area contributed by atoms with Crippen LogP contribution in [0.15, 0.2) is 29.2 Å². The van der Waals surface area contributed by atoms with Gasteiger partial charge >= 0.3 is 6.18 Å². The van der Waals surface area contributed by atoms with Gasteiger partial charge in [-0.15, -0.1) is 4.48 Å². The fraction of sp³-hybridized carbons (Fsp3) is 0.455. The Hall–Kier alpha value is -1.15. The number of hydrogen-bond donors (Lipinski definition) is 0. The summed E-state index contributed by atoms with van der Waals surface area (Å²) in [5.74, 6) is 0. The average Bonchev–Trinajstić information content (AvgIpc) is 2.25. The van der Waals surface area contributed by atoms with Gasteiger partial charge in [0.2, 0.25) is 0 Å². The van der Waals surface area contributed by atoms with Crippen LogP contribution in [-0.4, -0.2) is 18.5 Å². The highest BCUT2D eigenvalue weighted by Gasteiger charge is 2.36. The van der Waals surface area contributed by atoms with Gasteiger partial charge in [-0.2, -0.15) is 13.2 Å². The molecule has 0 aromatic heterocycles. The lowest BCUT2D eigenvalue weighted by atomic mass is 10.1. The summed E-state index contributed by atoms with van der Waals surface area (Å²) in [7, 11) is -4.46. The minimum absolute atomic E-state index is 0.372. The first-order valence-electron chi connectivity index (χ1n) is 5.25. The molecule has 0 spiro atoms. The minimum atomic E-state index is -4.57. The van der Waals surface area contributed by atoms with Gasteiger partial charge in [0, 0.05) is 0 Å². The fourth-order valence-electron chi connectivity index (χ4n) is 1.27. The number of benzene rings is 1. The molecule has 1 rings (SSSR count). The van der Waals surface area contributed by atoms with E-state index in [1.807, 2.05) is 0 Å². The second-order valence-corrected chi connectivity index (χ2v) is 6.65. The molecule has 1 aromatic carbocycles. The molecular formula is C11H13F4NO2S. The van der Waals surface area contributed by atoms with E-state index >= 15 is 0 Å². The van der Waals surface area contributed by atoms with Gasteiger partial charge in [0.05, 0.1) is 16.0 Å². The summed E-state index contributed by atoms with van der Waals surface area (Å²) < 4.78 is 74.0. The molecule has 0 aliphatic rings. The van der Waals surface area contributed by atoms with Gasteiger partial charge in [0.15, 0.2) is 0 Å². The van der Waals surface area contributed by atoms with Crippen molar-refractivity contribution in [3.63, 3.8) is 0 Å². The highest BCUT2D eigenvalue weighted by Crippen LogP contribution is 2.31. The lowest BCUT2D eigenvalue weighted by Gasteiger charge is -2.25. The SMILES string of the molecule is CC(C)(C)N(F)S(=O)(=O)c1ccc(C(F)(F)F)cc1. The first-order chi connectivity index (χ1) is 8.37. The van der Waals surface area contributed by atoms with Crippen LogP contribution in [0.2, 0.25) is 0 Å². The summed E-state index contributed by atoms with van der Waals surface area (Å²) in [6, 6.07) is 2.67. The van der Waals surface area contributed by atoms with Crippen molar-refractivity contribution in [1.82, 2.24) is 4.53 Å². The van der Waals surface area contributed by atoms with E-state index < -0.39 is 32.2 Å². The van der Waals surface area contributed by atoms with E-state index in [1.165, 1.54) is 20.8 Å². The van der Waals surface area contributed by atoms with Crippen LogP contribution in [0.25, 0.3) is 0 Å². The van der Waals surface area contributed by atoms with E-state index in [9.17, 15) is 26.1 Å². The summed E-state index contributed by atoms with van der Waals surface area (Å²) in [4.78, 5) is -0.530. The molecule has 108 valence electrons. The third-order valence-electron chi connectivity index (χ3n) is 2.22. The Balaban J connectivity index is 3.18. The second kappa shape index (κ2) is 4.75. The summed E-state index contributed by atoms with van der Waals surface area (Å²) in [5.41, 5.74) is -2.31. The van der Waals surface area contributed by atoms with Crippen molar-refractivity contribution in [3.8, 4) is 0 Å². The first-order valence-corrected chi connectivity index (χ1v) is 6.69. The first kappa shape index (κ1) is 15.9. The Bertz CT molecular complexity index is 544. The Kier molecular flexibility index (Phi) is 3.98. The maximum absolute atomic E-state index is 13.7. The molecule has 0 amide bonds. The second-order valence-electron chi connectivity index (χ2n) is 4.91. The molecule has 3 nitrogen and oxygen atoms in total. The molecule has 0 saturated carbocycles. The van der Waals surface area contributed by atoms with E-state index in [0.29, 0.717) is 12.1 Å². The monoisotopic (exact) mass is 299 g/mol.